The minimum Gasteiger partial charge on any atom is -0.291 e. The molecule has 0 aliphatic rings. The number of aryl methyl sites for hydroxylation is 2. The Labute approximate surface area is 83.9 Å². The van der Waals surface area contributed by atoms with Crippen LogP contribution < -0.4 is 0 Å². The maximum Gasteiger partial charge on any atom is 0.202 e. The molecule has 0 amide bonds. The van der Waals surface area contributed by atoms with E-state index < -0.39 is 0 Å². The van der Waals surface area contributed by atoms with Crippen LogP contribution in [0.2, 0.25) is 0 Å². The largest absolute Gasteiger partial charge is 0.291 e. The summed E-state index contributed by atoms with van der Waals surface area (Å²) in [4.78, 5) is 22.0. The highest BCUT2D eigenvalue weighted by atomic mass is 16.2. The number of rotatable bonds is 3. The number of hydrogen-bond acceptors (Lipinski definition) is 2. The molecule has 0 radical (unpaired) electrons. The molecule has 0 atom stereocenters. The van der Waals surface area contributed by atoms with Crippen LogP contribution in [0, 0.1) is 13.8 Å². The Morgan fingerprint density at radius 3 is 2.36 bits per heavy atom. The average Bonchev–Trinajstić information content (AvgIpc) is 2.09. The van der Waals surface area contributed by atoms with E-state index in [1.165, 1.54) is 12.5 Å². The molecule has 0 fully saturated rings. The molecule has 0 N–H and O–H groups in total. The molecule has 0 saturated heterocycles. The van der Waals surface area contributed by atoms with Crippen molar-refractivity contribution in [2.75, 3.05) is 0 Å². The molecule has 0 unspecified atom stereocenters. The Morgan fingerprint density at radius 1 is 1.21 bits per heavy atom. The molecule has 1 aromatic carbocycles. The van der Waals surface area contributed by atoms with Gasteiger partial charge in [-0.15, -0.1) is 0 Å². The lowest BCUT2D eigenvalue weighted by Crippen LogP contribution is -2.13. The van der Waals surface area contributed by atoms with Crippen molar-refractivity contribution in [3.05, 3.63) is 34.9 Å². The third-order valence-electron chi connectivity index (χ3n) is 2.24. The summed E-state index contributed by atoms with van der Waals surface area (Å²) in [6.07, 6.45) is 0.224. The van der Waals surface area contributed by atoms with Crippen molar-refractivity contribution in [3.8, 4) is 0 Å². The molecule has 2 nitrogen and oxygen atoms in total. The van der Waals surface area contributed by atoms with E-state index >= 15 is 0 Å². The Bertz CT molecular complexity index is 378. The Kier molecular flexibility index (Phi) is 3.18. The van der Waals surface area contributed by atoms with E-state index in [-0.39, 0.29) is 18.0 Å². The van der Waals surface area contributed by atoms with Gasteiger partial charge in [0.05, 0.1) is 0 Å². The first-order valence-electron chi connectivity index (χ1n) is 4.60. The van der Waals surface area contributed by atoms with E-state index in [2.05, 4.69) is 0 Å². The first kappa shape index (κ1) is 10.6. The van der Waals surface area contributed by atoms with Gasteiger partial charge in [0.1, 0.15) is 0 Å². The summed E-state index contributed by atoms with van der Waals surface area (Å²) < 4.78 is 0. The van der Waals surface area contributed by atoms with Gasteiger partial charge in [0.2, 0.25) is 5.78 Å². The predicted octanol–water partition coefficient (Wildman–Crippen LogP) is 2.00. The van der Waals surface area contributed by atoms with Crippen LogP contribution >= 0.6 is 0 Å². The molecular formula is C12H14O2. The van der Waals surface area contributed by atoms with Gasteiger partial charge in [0.15, 0.2) is 5.78 Å². The van der Waals surface area contributed by atoms with Crippen LogP contribution in [0.15, 0.2) is 18.2 Å². The summed E-state index contributed by atoms with van der Waals surface area (Å²) in [5.74, 6) is -0.693. The third kappa shape index (κ3) is 2.52. The minimum absolute atomic E-state index is 0.224. The molecule has 1 rings (SSSR count). The summed E-state index contributed by atoms with van der Waals surface area (Å²) in [5.41, 5.74) is 3.18. The quantitative estimate of drug-likeness (QED) is 0.683. The van der Waals surface area contributed by atoms with Gasteiger partial charge in [0, 0.05) is 13.3 Å². The molecule has 14 heavy (non-hydrogen) atoms. The fourth-order valence-electron chi connectivity index (χ4n) is 1.34. The second-order valence-electron chi connectivity index (χ2n) is 3.59. The first-order valence-corrected chi connectivity index (χ1v) is 4.60. The van der Waals surface area contributed by atoms with Crippen LogP contribution in [0.3, 0.4) is 0 Å². The predicted molar refractivity (Wildman–Crippen MR) is 55.3 cm³/mol. The summed E-state index contributed by atoms with van der Waals surface area (Å²) >= 11 is 0. The van der Waals surface area contributed by atoms with Gasteiger partial charge in [-0.05, 0) is 25.0 Å². The Hall–Kier alpha value is -1.44. The van der Waals surface area contributed by atoms with Gasteiger partial charge in [-0.1, -0.05) is 23.8 Å². The van der Waals surface area contributed by atoms with E-state index in [4.69, 9.17) is 0 Å². The standard InChI is InChI=1S/C12H14O2/c1-8-4-5-11(9(2)6-8)7-12(14)10(3)13/h4-6H,7H2,1-3H3. The number of carbonyl (C=O) groups excluding carboxylic acids is 2. The summed E-state index contributed by atoms with van der Waals surface area (Å²) in [6.45, 7) is 5.27. The second kappa shape index (κ2) is 4.18. The molecule has 0 aliphatic heterocycles. The SMILES string of the molecule is CC(=O)C(=O)Cc1ccc(C)cc1C. The second-order valence-corrected chi connectivity index (χ2v) is 3.59. The van der Waals surface area contributed by atoms with Gasteiger partial charge in [-0.25, -0.2) is 0 Å². The maximum atomic E-state index is 11.2. The lowest BCUT2D eigenvalue weighted by Gasteiger charge is -2.04. The minimum atomic E-state index is -0.370. The molecule has 0 aromatic heterocycles. The third-order valence-corrected chi connectivity index (χ3v) is 2.24. The summed E-state index contributed by atoms with van der Waals surface area (Å²) in [6, 6.07) is 5.88. The zero-order valence-electron chi connectivity index (χ0n) is 8.76. The first-order chi connectivity index (χ1) is 6.50. The lowest BCUT2D eigenvalue weighted by atomic mass is 10.0. The van der Waals surface area contributed by atoms with Crippen LogP contribution in [0.5, 0.6) is 0 Å². The van der Waals surface area contributed by atoms with Crippen LogP contribution in [-0.4, -0.2) is 11.6 Å². The number of hydrogen-bond donors (Lipinski definition) is 0. The normalized spacial score (nSPS) is 9.93. The van der Waals surface area contributed by atoms with Crippen LogP contribution in [0.1, 0.15) is 23.6 Å². The van der Waals surface area contributed by atoms with Gasteiger partial charge in [-0.3, -0.25) is 9.59 Å². The van der Waals surface area contributed by atoms with Crippen LogP contribution in [0.4, 0.5) is 0 Å². The maximum absolute atomic E-state index is 11.2. The van der Waals surface area contributed by atoms with Crippen molar-refractivity contribution >= 4 is 11.6 Å². The Balaban J connectivity index is 2.87. The zero-order valence-corrected chi connectivity index (χ0v) is 8.76. The monoisotopic (exact) mass is 190 g/mol. The van der Waals surface area contributed by atoms with Crippen molar-refractivity contribution in [1.82, 2.24) is 0 Å². The van der Waals surface area contributed by atoms with Gasteiger partial charge in [-0.2, -0.15) is 0 Å². The molecule has 0 aliphatic carbocycles. The van der Waals surface area contributed by atoms with Crippen molar-refractivity contribution in [2.45, 2.75) is 27.2 Å². The molecule has 0 spiro atoms. The molecule has 0 heterocycles. The van der Waals surface area contributed by atoms with Gasteiger partial charge < -0.3 is 0 Å². The van der Waals surface area contributed by atoms with E-state index in [9.17, 15) is 9.59 Å². The van der Waals surface area contributed by atoms with E-state index in [0.29, 0.717) is 0 Å². The van der Waals surface area contributed by atoms with Crippen molar-refractivity contribution in [3.63, 3.8) is 0 Å². The molecule has 0 saturated carbocycles. The van der Waals surface area contributed by atoms with Crippen molar-refractivity contribution in [1.29, 1.82) is 0 Å². The average molecular weight is 190 g/mol. The van der Waals surface area contributed by atoms with E-state index in [1.54, 1.807) is 0 Å². The number of benzene rings is 1. The Morgan fingerprint density at radius 2 is 1.86 bits per heavy atom. The van der Waals surface area contributed by atoms with E-state index in [0.717, 1.165) is 11.1 Å². The number of ketones is 2. The highest BCUT2D eigenvalue weighted by molar-refractivity contribution is 6.36. The fourth-order valence-corrected chi connectivity index (χ4v) is 1.34. The molecular weight excluding hydrogens is 176 g/mol. The van der Waals surface area contributed by atoms with Gasteiger partial charge >= 0.3 is 0 Å². The fraction of sp³-hybridized carbons (Fsp3) is 0.333. The van der Waals surface area contributed by atoms with Crippen molar-refractivity contribution < 1.29 is 9.59 Å². The van der Waals surface area contributed by atoms with E-state index in [1.807, 2.05) is 32.0 Å². The van der Waals surface area contributed by atoms with Gasteiger partial charge in [0.25, 0.3) is 0 Å². The summed E-state index contributed by atoms with van der Waals surface area (Å²) in [7, 11) is 0. The highest BCUT2D eigenvalue weighted by Crippen LogP contribution is 2.11. The number of Topliss-reactive ketones (excluding diaryl/α,β-unsaturated/α-hetero) is 2. The lowest BCUT2D eigenvalue weighted by molar-refractivity contribution is -0.134. The molecule has 74 valence electrons. The van der Waals surface area contributed by atoms with Crippen LogP contribution in [-0.2, 0) is 16.0 Å². The smallest absolute Gasteiger partial charge is 0.202 e. The summed E-state index contributed by atoms with van der Waals surface area (Å²) in [5, 5.41) is 0. The van der Waals surface area contributed by atoms with Crippen LogP contribution in [0.25, 0.3) is 0 Å². The highest BCUT2D eigenvalue weighted by Gasteiger charge is 2.10. The molecule has 0 bridgehead atoms. The molecule has 1 aromatic rings. The number of carbonyl (C=O) groups is 2. The van der Waals surface area contributed by atoms with Crippen molar-refractivity contribution in [2.24, 2.45) is 0 Å². The molecule has 2 heteroatoms. The zero-order chi connectivity index (χ0) is 10.7. The topological polar surface area (TPSA) is 34.1 Å².